The number of hydrogen-bond acceptors (Lipinski definition) is 3. The molecule has 160 valence electrons. The fourth-order valence-corrected chi connectivity index (χ4v) is 4.48. The van der Waals surface area contributed by atoms with Crippen LogP contribution in [-0.2, 0) is 4.79 Å². The highest BCUT2D eigenvalue weighted by Crippen LogP contribution is 2.29. The Bertz CT molecular complexity index is 936. The molecular weight excluding hydrogens is 382 g/mol. The van der Waals surface area contributed by atoms with Crippen molar-refractivity contribution in [3.8, 4) is 0 Å². The van der Waals surface area contributed by atoms with E-state index in [4.69, 9.17) is 0 Å². The van der Waals surface area contributed by atoms with Crippen LogP contribution < -0.4 is 5.32 Å². The van der Waals surface area contributed by atoms with Gasteiger partial charge in [0, 0.05) is 31.9 Å². The normalized spacial score (nSPS) is 14.6. The van der Waals surface area contributed by atoms with Crippen molar-refractivity contribution in [3.05, 3.63) is 101 Å². The topological polar surface area (TPSA) is 35.6 Å². The van der Waals surface area contributed by atoms with E-state index < -0.39 is 0 Å². The van der Waals surface area contributed by atoms with Gasteiger partial charge in [-0.15, -0.1) is 0 Å². The largest absolute Gasteiger partial charge is 0.376 e. The Balaban J connectivity index is 1.39. The third-order valence-corrected chi connectivity index (χ3v) is 5.93. The van der Waals surface area contributed by atoms with Crippen LogP contribution in [0, 0.1) is 13.8 Å². The second kappa shape index (κ2) is 9.80. The van der Waals surface area contributed by atoms with E-state index in [1.54, 1.807) is 0 Å². The minimum absolute atomic E-state index is 0.162. The number of carbonyl (C=O) groups is 1. The molecule has 0 radical (unpaired) electrons. The Morgan fingerprint density at radius 1 is 0.806 bits per heavy atom. The minimum Gasteiger partial charge on any atom is -0.376 e. The van der Waals surface area contributed by atoms with Crippen molar-refractivity contribution in [2.75, 3.05) is 38.0 Å². The maximum Gasteiger partial charge on any atom is 0.241 e. The van der Waals surface area contributed by atoms with Crippen LogP contribution in [0.5, 0.6) is 0 Å². The van der Waals surface area contributed by atoms with Crippen molar-refractivity contribution >= 4 is 11.6 Å². The van der Waals surface area contributed by atoms with E-state index >= 15 is 0 Å². The summed E-state index contributed by atoms with van der Waals surface area (Å²) in [6.45, 7) is 7.73. The lowest BCUT2D eigenvalue weighted by molar-refractivity contribution is -0.131. The maximum absolute atomic E-state index is 12.8. The van der Waals surface area contributed by atoms with Gasteiger partial charge in [0.25, 0.3) is 0 Å². The number of rotatable bonds is 6. The third kappa shape index (κ3) is 5.33. The molecule has 1 N–H and O–H groups in total. The summed E-state index contributed by atoms with van der Waals surface area (Å²) in [6.07, 6.45) is 0. The monoisotopic (exact) mass is 413 g/mol. The molecule has 4 rings (SSSR count). The first kappa shape index (κ1) is 21.1. The van der Waals surface area contributed by atoms with Gasteiger partial charge in [-0.2, -0.15) is 0 Å². The molecule has 0 unspecified atom stereocenters. The summed E-state index contributed by atoms with van der Waals surface area (Å²) in [7, 11) is 0. The number of nitrogens with zero attached hydrogens (tertiary/aromatic N) is 2. The van der Waals surface area contributed by atoms with Gasteiger partial charge >= 0.3 is 0 Å². The van der Waals surface area contributed by atoms with Gasteiger partial charge < -0.3 is 10.2 Å². The molecule has 1 aliphatic rings. The second-order valence-electron chi connectivity index (χ2n) is 8.37. The molecule has 1 amide bonds. The average molecular weight is 414 g/mol. The number of benzene rings is 3. The van der Waals surface area contributed by atoms with E-state index in [2.05, 4.69) is 103 Å². The summed E-state index contributed by atoms with van der Waals surface area (Å²) in [6, 6.07) is 27.8. The first-order valence-electron chi connectivity index (χ1n) is 11.0. The first-order valence-corrected chi connectivity index (χ1v) is 11.0. The van der Waals surface area contributed by atoms with Crippen LogP contribution in [0.1, 0.15) is 28.3 Å². The Hall–Kier alpha value is -3.11. The summed E-state index contributed by atoms with van der Waals surface area (Å²) < 4.78 is 0. The average Bonchev–Trinajstić information content (AvgIpc) is 2.79. The molecule has 31 heavy (non-hydrogen) atoms. The lowest BCUT2D eigenvalue weighted by atomic mass is 9.96. The third-order valence-electron chi connectivity index (χ3n) is 5.93. The van der Waals surface area contributed by atoms with Gasteiger partial charge in [-0.3, -0.25) is 9.69 Å². The summed E-state index contributed by atoms with van der Waals surface area (Å²) >= 11 is 0. The number of piperazine rings is 1. The molecular formula is C27H31N3O. The molecule has 0 aliphatic carbocycles. The van der Waals surface area contributed by atoms with Crippen molar-refractivity contribution in [2.45, 2.75) is 19.9 Å². The molecule has 0 aromatic heterocycles. The highest BCUT2D eigenvalue weighted by molar-refractivity contribution is 5.81. The van der Waals surface area contributed by atoms with Crippen molar-refractivity contribution < 1.29 is 4.79 Å². The lowest BCUT2D eigenvalue weighted by Gasteiger charge is -2.40. The van der Waals surface area contributed by atoms with E-state index in [-0.39, 0.29) is 11.9 Å². The van der Waals surface area contributed by atoms with E-state index in [0.29, 0.717) is 6.54 Å². The maximum atomic E-state index is 12.8. The zero-order valence-electron chi connectivity index (χ0n) is 18.4. The molecule has 4 nitrogen and oxygen atoms in total. The number of carbonyl (C=O) groups excluding carboxylic acids is 1. The standard InChI is InChI=1S/C27H31N3O/c1-21-17-22(2)19-25(18-21)28-20-26(31)29-13-15-30(16-14-29)27(23-9-5-3-6-10-23)24-11-7-4-8-12-24/h3-12,17-19,27-28H,13-16,20H2,1-2H3. The van der Waals surface area contributed by atoms with Gasteiger partial charge in [0.05, 0.1) is 12.6 Å². The minimum atomic E-state index is 0.162. The molecule has 3 aromatic rings. The summed E-state index contributed by atoms with van der Waals surface area (Å²) in [5.74, 6) is 0.162. The summed E-state index contributed by atoms with van der Waals surface area (Å²) in [5.41, 5.74) is 6.01. The van der Waals surface area contributed by atoms with Gasteiger partial charge in [-0.05, 0) is 48.2 Å². The molecule has 0 bridgehead atoms. The zero-order chi connectivity index (χ0) is 21.6. The molecule has 3 aromatic carbocycles. The van der Waals surface area contributed by atoms with Crippen LogP contribution >= 0.6 is 0 Å². The Morgan fingerprint density at radius 3 is 1.84 bits per heavy atom. The molecule has 1 saturated heterocycles. The Kier molecular flexibility index (Phi) is 6.68. The van der Waals surface area contributed by atoms with Crippen molar-refractivity contribution in [2.24, 2.45) is 0 Å². The van der Waals surface area contributed by atoms with Crippen LogP contribution in [-0.4, -0.2) is 48.4 Å². The molecule has 0 saturated carbocycles. The SMILES string of the molecule is Cc1cc(C)cc(NCC(=O)N2CCN(C(c3ccccc3)c3ccccc3)CC2)c1. The van der Waals surface area contributed by atoms with Gasteiger partial charge in [0.1, 0.15) is 0 Å². The van der Waals surface area contributed by atoms with Crippen molar-refractivity contribution in [3.63, 3.8) is 0 Å². The van der Waals surface area contributed by atoms with Gasteiger partial charge in [-0.1, -0.05) is 66.7 Å². The molecule has 1 heterocycles. The van der Waals surface area contributed by atoms with Gasteiger partial charge in [-0.25, -0.2) is 0 Å². The number of hydrogen-bond donors (Lipinski definition) is 1. The highest BCUT2D eigenvalue weighted by atomic mass is 16.2. The van der Waals surface area contributed by atoms with Crippen LogP contribution in [0.25, 0.3) is 0 Å². The fourth-order valence-electron chi connectivity index (χ4n) is 4.48. The Labute approximate surface area is 185 Å². The fraction of sp³-hybridized carbons (Fsp3) is 0.296. The molecule has 0 spiro atoms. The van der Waals surface area contributed by atoms with Crippen molar-refractivity contribution in [1.82, 2.24) is 9.80 Å². The van der Waals surface area contributed by atoms with E-state index in [1.807, 2.05) is 4.90 Å². The van der Waals surface area contributed by atoms with Gasteiger partial charge in [0.15, 0.2) is 0 Å². The number of amides is 1. The predicted molar refractivity (Wildman–Crippen MR) is 127 cm³/mol. The number of aryl methyl sites for hydroxylation is 2. The van der Waals surface area contributed by atoms with Crippen LogP contribution in [0.3, 0.4) is 0 Å². The number of nitrogens with one attached hydrogen (secondary N) is 1. The molecule has 1 aliphatic heterocycles. The lowest BCUT2D eigenvalue weighted by Crippen LogP contribution is -2.51. The van der Waals surface area contributed by atoms with Gasteiger partial charge in [0.2, 0.25) is 5.91 Å². The van der Waals surface area contributed by atoms with Crippen LogP contribution in [0.15, 0.2) is 78.9 Å². The van der Waals surface area contributed by atoms with E-state index in [1.165, 1.54) is 22.3 Å². The van der Waals surface area contributed by atoms with E-state index in [9.17, 15) is 4.79 Å². The summed E-state index contributed by atoms with van der Waals surface area (Å²) in [4.78, 5) is 17.3. The first-order chi connectivity index (χ1) is 15.1. The molecule has 0 atom stereocenters. The quantitative estimate of drug-likeness (QED) is 0.639. The van der Waals surface area contributed by atoms with E-state index in [0.717, 1.165) is 31.9 Å². The predicted octanol–water partition coefficient (Wildman–Crippen LogP) is 4.65. The van der Waals surface area contributed by atoms with Crippen LogP contribution in [0.4, 0.5) is 5.69 Å². The van der Waals surface area contributed by atoms with Crippen molar-refractivity contribution in [1.29, 1.82) is 0 Å². The Morgan fingerprint density at radius 2 is 1.32 bits per heavy atom. The molecule has 1 fully saturated rings. The number of anilines is 1. The highest BCUT2D eigenvalue weighted by Gasteiger charge is 2.27. The second-order valence-corrected chi connectivity index (χ2v) is 8.37. The summed E-state index contributed by atoms with van der Waals surface area (Å²) in [5, 5.41) is 3.30. The smallest absolute Gasteiger partial charge is 0.241 e. The van der Waals surface area contributed by atoms with Crippen LogP contribution in [0.2, 0.25) is 0 Å². The zero-order valence-corrected chi connectivity index (χ0v) is 18.4. The molecule has 4 heteroatoms.